The molecule has 2 aromatic heterocycles. The maximum Gasteiger partial charge on any atom is 0.231 e. The third kappa shape index (κ3) is 3.67. The number of nitrogens with one attached hydrogen (secondary N) is 1. The van der Waals surface area contributed by atoms with Gasteiger partial charge in [0.15, 0.2) is 5.82 Å². The van der Waals surface area contributed by atoms with Crippen LogP contribution < -0.4 is 5.32 Å². The van der Waals surface area contributed by atoms with Gasteiger partial charge >= 0.3 is 0 Å². The molecule has 2 aliphatic rings. The van der Waals surface area contributed by atoms with Crippen molar-refractivity contribution in [1.29, 1.82) is 0 Å². The van der Waals surface area contributed by atoms with Crippen molar-refractivity contribution in [2.24, 2.45) is 17.8 Å². The zero-order valence-corrected chi connectivity index (χ0v) is 13.9. The Morgan fingerprint density at radius 3 is 2.84 bits per heavy atom. The first-order valence-corrected chi connectivity index (χ1v) is 8.55. The molecule has 0 spiro atoms. The van der Waals surface area contributed by atoms with Crippen molar-refractivity contribution in [3.63, 3.8) is 0 Å². The van der Waals surface area contributed by atoms with Crippen LogP contribution >= 0.6 is 0 Å². The van der Waals surface area contributed by atoms with E-state index in [2.05, 4.69) is 25.2 Å². The maximum absolute atomic E-state index is 12.7. The second kappa shape index (κ2) is 7.25. The van der Waals surface area contributed by atoms with E-state index in [4.69, 9.17) is 4.74 Å². The number of rotatable bonds is 4. The average molecular weight is 339 g/mol. The standard InChI is InChI=1S/C18H21N5O2/c24-18(22-17-7-20-5-6-21-17)16-12-25-11-14-9-23(10-15(14)16)8-13-1-3-19-4-2-13/h1-7,14-16H,8-12H2,(H,21,22,24)/t14-,15-,16-/m1/s1. The molecule has 0 aliphatic carbocycles. The Labute approximate surface area is 146 Å². The molecule has 7 nitrogen and oxygen atoms in total. The van der Waals surface area contributed by atoms with Crippen LogP contribution in [0.5, 0.6) is 0 Å². The fraction of sp³-hybridized carbons (Fsp3) is 0.444. The highest BCUT2D eigenvalue weighted by molar-refractivity contribution is 5.92. The minimum atomic E-state index is -0.150. The van der Waals surface area contributed by atoms with Crippen LogP contribution in [0.15, 0.2) is 43.1 Å². The van der Waals surface area contributed by atoms with E-state index >= 15 is 0 Å². The van der Waals surface area contributed by atoms with Crippen molar-refractivity contribution >= 4 is 11.7 Å². The van der Waals surface area contributed by atoms with Gasteiger partial charge in [-0.3, -0.25) is 19.7 Å². The summed E-state index contributed by atoms with van der Waals surface area (Å²) in [7, 11) is 0. The second-order valence-electron chi connectivity index (χ2n) is 6.70. The normalized spacial score (nSPS) is 26.2. The third-order valence-electron chi connectivity index (χ3n) is 5.02. The SMILES string of the molecule is O=C(Nc1cnccn1)[C@@H]1COC[C@H]2CN(Cc3ccncc3)C[C@H]21. The largest absolute Gasteiger partial charge is 0.380 e. The predicted octanol–water partition coefficient (Wildman–Crippen LogP) is 1.20. The Bertz CT molecular complexity index is 712. The topological polar surface area (TPSA) is 80.2 Å². The number of hydrogen-bond acceptors (Lipinski definition) is 6. The molecule has 0 aromatic carbocycles. The molecule has 2 fully saturated rings. The minimum absolute atomic E-state index is 0.0269. The molecule has 130 valence electrons. The number of carbonyl (C=O) groups excluding carboxylic acids is 1. The summed E-state index contributed by atoms with van der Waals surface area (Å²) in [5.74, 6) is 1.02. The molecule has 1 amide bonds. The first-order chi connectivity index (χ1) is 12.3. The fourth-order valence-electron chi connectivity index (χ4n) is 3.82. The number of hydrogen-bond donors (Lipinski definition) is 1. The molecule has 2 saturated heterocycles. The van der Waals surface area contributed by atoms with Crippen molar-refractivity contribution in [2.45, 2.75) is 6.54 Å². The summed E-state index contributed by atoms with van der Waals surface area (Å²) in [6.45, 7) is 3.95. The van der Waals surface area contributed by atoms with Crippen molar-refractivity contribution in [2.75, 3.05) is 31.6 Å². The van der Waals surface area contributed by atoms with Crippen LogP contribution in [0.2, 0.25) is 0 Å². The first-order valence-electron chi connectivity index (χ1n) is 8.55. The molecule has 4 heterocycles. The Kier molecular flexibility index (Phi) is 4.67. The molecule has 7 heteroatoms. The Balaban J connectivity index is 1.41. The highest BCUT2D eigenvalue weighted by Crippen LogP contribution is 2.35. The molecule has 0 bridgehead atoms. The van der Waals surface area contributed by atoms with E-state index in [1.807, 2.05) is 24.5 Å². The minimum Gasteiger partial charge on any atom is -0.380 e. The first kappa shape index (κ1) is 16.1. The molecule has 0 unspecified atom stereocenters. The fourth-order valence-corrected chi connectivity index (χ4v) is 3.82. The van der Waals surface area contributed by atoms with E-state index in [9.17, 15) is 4.79 Å². The quantitative estimate of drug-likeness (QED) is 0.902. The second-order valence-corrected chi connectivity index (χ2v) is 6.70. The van der Waals surface area contributed by atoms with E-state index in [1.54, 1.807) is 18.6 Å². The van der Waals surface area contributed by atoms with Gasteiger partial charge in [-0.25, -0.2) is 4.98 Å². The number of nitrogens with zero attached hydrogens (tertiary/aromatic N) is 4. The zero-order valence-electron chi connectivity index (χ0n) is 13.9. The van der Waals surface area contributed by atoms with Gasteiger partial charge in [0.25, 0.3) is 0 Å². The summed E-state index contributed by atoms with van der Waals surface area (Å²) in [5.41, 5.74) is 1.25. The van der Waals surface area contributed by atoms with Crippen LogP contribution in [0.4, 0.5) is 5.82 Å². The lowest BCUT2D eigenvalue weighted by Gasteiger charge is -2.31. The van der Waals surface area contributed by atoms with E-state index in [0.29, 0.717) is 24.3 Å². The molecular weight excluding hydrogens is 318 g/mol. The van der Waals surface area contributed by atoms with Crippen molar-refractivity contribution in [1.82, 2.24) is 19.9 Å². The molecular formula is C18H21N5O2. The summed E-state index contributed by atoms with van der Waals surface area (Å²) < 4.78 is 5.72. The molecule has 2 aliphatic heterocycles. The van der Waals surface area contributed by atoms with Crippen LogP contribution in [-0.4, -0.2) is 52.1 Å². The molecule has 4 rings (SSSR count). The number of amides is 1. The Morgan fingerprint density at radius 1 is 1.16 bits per heavy atom. The Hall–Kier alpha value is -2.38. The van der Waals surface area contributed by atoms with Gasteiger partial charge < -0.3 is 10.1 Å². The number of carbonyl (C=O) groups is 1. The van der Waals surface area contributed by atoms with Gasteiger partial charge in [-0.15, -0.1) is 0 Å². The van der Waals surface area contributed by atoms with Crippen LogP contribution in [0.3, 0.4) is 0 Å². The Morgan fingerprint density at radius 2 is 2.04 bits per heavy atom. The lowest BCUT2D eigenvalue weighted by atomic mass is 9.82. The van der Waals surface area contributed by atoms with E-state index in [0.717, 1.165) is 26.2 Å². The molecule has 0 radical (unpaired) electrons. The highest BCUT2D eigenvalue weighted by Gasteiger charge is 2.43. The molecule has 0 saturated carbocycles. The van der Waals surface area contributed by atoms with Gasteiger partial charge in [-0.1, -0.05) is 0 Å². The average Bonchev–Trinajstić information content (AvgIpc) is 3.05. The lowest BCUT2D eigenvalue weighted by molar-refractivity contribution is -0.128. The summed E-state index contributed by atoms with van der Waals surface area (Å²) in [5, 5.41) is 2.87. The van der Waals surface area contributed by atoms with Crippen molar-refractivity contribution < 1.29 is 9.53 Å². The molecule has 2 aromatic rings. The van der Waals surface area contributed by atoms with Crippen molar-refractivity contribution in [3.8, 4) is 0 Å². The van der Waals surface area contributed by atoms with E-state index < -0.39 is 0 Å². The number of anilines is 1. The summed E-state index contributed by atoms with van der Waals surface area (Å²) >= 11 is 0. The third-order valence-corrected chi connectivity index (χ3v) is 5.02. The van der Waals surface area contributed by atoms with Crippen LogP contribution in [0.1, 0.15) is 5.56 Å². The van der Waals surface area contributed by atoms with Crippen LogP contribution in [-0.2, 0) is 16.1 Å². The van der Waals surface area contributed by atoms with Gasteiger partial charge in [-0.05, 0) is 29.5 Å². The number of pyridine rings is 1. The summed E-state index contributed by atoms with van der Waals surface area (Å²) in [6.07, 6.45) is 8.35. The number of aromatic nitrogens is 3. The lowest BCUT2D eigenvalue weighted by Crippen LogP contribution is -2.42. The smallest absolute Gasteiger partial charge is 0.231 e. The van der Waals surface area contributed by atoms with E-state index in [1.165, 1.54) is 5.56 Å². The van der Waals surface area contributed by atoms with Crippen LogP contribution in [0, 0.1) is 17.8 Å². The number of fused-ring (bicyclic) bond motifs is 1. The summed E-state index contributed by atoms with van der Waals surface area (Å²) in [4.78, 5) is 27.3. The van der Waals surface area contributed by atoms with Gasteiger partial charge in [0.2, 0.25) is 5.91 Å². The maximum atomic E-state index is 12.7. The number of likely N-dealkylation sites (tertiary alicyclic amines) is 1. The van der Waals surface area contributed by atoms with Gasteiger partial charge in [-0.2, -0.15) is 0 Å². The predicted molar refractivity (Wildman–Crippen MR) is 91.5 cm³/mol. The van der Waals surface area contributed by atoms with Gasteiger partial charge in [0.05, 0.1) is 25.3 Å². The van der Waals surface area contributed by atoms with Gasteiger partial charge in [0.1, 0.15) is 0 Å². The monoisotopic (exact) mass is 339 g/mol. The zero-order chi connectivity index (χ0) is 17.1. The van der Waals surface area contributed by atoms with Crippen molar-refractivity contribution in [3.05, 3.63) is 48.7 Å². The van der Waals surface area contributed by atoms with E-state index in [-0.39, 0.29) is 11.8 Å². The molecule has 1 N–H and O–H groups in total. The number of ether oxygens (including phenoxy) is 1. The summed E-state index contributed by atoms with van der Waals surface area (Å²) in [6, 6.07) is 4.08. The molecule has 3 atom stereocenters. The van der Waals surface area contributed by atoms with Crippen LogP contribution in [0.25, 0.3) is 0 Å². The highest BCUT2D eigenvalue weighted by atomic mass is 16.5. The molecule has 25 heavy (non-hydrogen) atoms. The van der Waals surface area contributed by atoms with Gasteiger partial charge in [0, 0.05) is 44.4 Å².